The van der Waals surface area contributed by atoms with Crippen LogP contribution < -0.4 is 5.73 Å². The van der Waals surface area contributed by atoms with Crippen LogP contribution in [0.4, 0.5) is 5.82 Å². The Morgan fingerprint density at radius 2 is 2.14 bits per heavy atom. The van der Waals surface area contributed by atoms with Gasteiger partial charge in [0.1, 0.15) is 5.82 Å². The SMILES string of the molecule is CC(C)C(C)c1cc(N)n(CCO)n1. The maximum Gasteiger partial charge on any atom is 0.122 e. The Morgan fingerprint density at radius 3 is 2.64 bits per heavy atom. The van der Waals surface area contributed by atoms with E-state index >= 15 is 0 Å². The third-order valence-corrected chi connectivity index (χ3v) is 2.61. The molecule has 0 radical (unpaired) electrons. The predicted molar refractivity (Wildman–Crippen MR) is 57.0 cm³/mol. The lowest BCUT2D eigenvalue weighted by Crippen LogP contribution is -2.09. The zero-order chi connectivity index (χ0) is 10.7. The first-order valence-electron chi connectivity index (χ1n) is 5.00. The van der Waals surface area contributed by atoms with Crippen LogP contribution >= 0.6 is 0 Å². The third-order valence-electron chi connectivity index (χ3n) is 2.61. The number of hydrogen-bond donors (Lipinski definition) is 2. The second-order valence-electron chi connectivity index (χ2n) is 3.97. The van der Waals surface area contributed by atoms with E-state index in [9.17, 15) is 0 Å². The second-order valence-corrected chi connectivity index (χ2v) is 3.97. The van der Waals surface area contributed by atoms with E-state index in [1.165, 1.54) is 0 Å². The lowest BCUT2D eigenvalue weighted by atomic mass is 9.95. The Morgan fingerprint density at radius 1 is 1.50 bits per heavy atom. The van der Waals surface area contributed by atoms with Crippen LogP contribution in [0.2, 0.25) is 0 Å². The monoisotopic (exact) mass is 197 g/mol. The van der Waals surface area contributed by atoms with Gasteiger partial charge in [-0.1, -0.05) is 20.8 Å². The van der Waals surface area contributed by atoms with Gasteiger partial charge in [0.25, 0.3) is 0 Å². The van der Waals surface area contributed by atoms with Gasteiger partial charge in [0.2, 0.25) is 0 Å². The zero-order valence-corrected chi connectivity index (χ0v) is 9.07. The Kier molecular flexibility index (Phi) is 3.52. The number of aromatic nitrogens is 2. The Bertz CT molecular complexity index is 294. The average Bonchev–Trinajstić information content (AvgIpc) is 2.47. The predicted octanol–water partition coefficient (Wildman–Crippen LogP) is 1.22. The molecule has 1 atom stereocenters. The maximum atomic E-state index is 8.78. The molecule has 0 amide bonds. The molecule has 0 aliphatic carbocycles. The van der Waals surface area contributed by atoms with Crippen LogP contribution in [-0.4, -0.2) is 21.5 Å². The summed E-state index contributed by atoms with van der Waals surface area (Å²) in [4.78, 5) is 0. The highest BCUT2D eigenvalue weighted by molar-refractivity contribution is 5.32. The lowest BCUT2D eigenvalue weighted by molar-refractivity contribution is 0.270. The minimum Gasteiger partial charge on any atom is -0.394 e. The molecule has 80 valence electrons. The highest BCUT2D eigenvalue weighted by Crippen LogP contribution is 2.23. The summed E-state index contributed by atoms with van der Waals surface area (Å²) >= 11 is 0. The molecule has 4 nitrogen and oxygen atoms in total. The minimum absolute atomic E-state index is 0.0708. The Hall–Kier alpha value is -1.03. The molecule has 0 aromatic carbocycles. The topological polar surface area (TPSA) is 64.1 Å². The number of aliphatic hydroxyl groups excluding tert-OH is 1. The molecule has 0 bridgehead atoms. The smallest absolute Gasteiger partial charge is 0.122 e. The molecule has 0 aliphatic rings. The van der Waals surface area contributed by atoms with Crippen molar-refractivity contribution in [1.82, 2.24) is 9.78 Å². The highest BCUT2D eigenvalue weighted by atomic mass is 16.3. The zero-order valence-electron chi connectivity index (χ0n) is 9.07. The molecule has 0 aliphatic heterocycles. The van der Waals surface area contributed by atoms with Crippen LogP contribution in [0.1, 0.15) is 32.4 Å². The van der Waals surface area contributed by atoms with Crippen molar-refractivity contribution in [3.63, 3.8) is 0 Å². The van der Waals surface area contributed by atoms with Crippen molar-refractivity contribution in [3.8, 4) is 0 Å². The van der Waals surface area contributed by atoms with E-state index in [0.29, 0.717) is 24.2 Å². The summed E-state index contributed by atoms with van der Waals surface area (Å²) in [5, 5.41) is 13.1. The molecule has 1 heterocycles. The van der Waals surface area contributed by atoms with E-state index < -0.39 is 0 Å². The molecule has 0 saturated carbocycles. The summed E-state index contributed by atoms with van der Waals surface area (Å²) in [6, 6.07) is 1.89. The molecular formula is C10H19N3O. The lowest BCUT2D eigenvalue weighted by Gasteiger charge is -2.11. The fourth-order valence-corrected chi connectivity index (χ4v) is 1.29. The summed E-state index contributed by atoms with van der Waals surface area (Å²) in [6.45, 7) is 6.99. The number of anilines is 1. The summed E-state index contributed by atoms with van der Waals surface area (Å²) in [6.07, 6.45) is 0. The van der Waals surface area contributed by atoms with Gasteiger partial charge in [-0.2, -0.15) is 5.10 Å². The van der Waals surface area contributed by atoms with Gasteiger partial charge in [0.15, 0.2) is 0 Å². The standard InChI is InChI=1S/C10H19N3O/c1-7(2)8(3)9-6-10(11)13(12-9)4-5-14/h6-8,14H,4-5,11H2,1-3H3. The van der Waals surface area contributed by atoms with Gasteiger partial charge in [0, 0.05) is 12.0 Å². The maximum absolute atomic E-state index is 8.78. The number of nitrogen functional groups attached to an aromatic ring is 1. The molecular weight excluding hydrogens is 178 g/mol. The van der Waals surface area contributed by atoms with Crippen molar-refractivity contribution >= 4 is 5.82 Å². The molecule has 1 rings (SSSR count). The Labute approximate surface area is 84.7 Å². The first-order chi connectivity index (χ1) is 6.56. The van der Waals surface area contributed by atoms with Crippen LogP contribution in [0.3, 0.4) is 0 Å². The number of nitrogens with zero attached hydrogens (tertiary/aromatic N) is 2. The van der Waals surface area contributed by atoms with Crippen molar-refractivity contribution in [2.45, 2.75) is 33.2 Å². The van der Waals surface area contributed by atoms with E-state index in [1.54, 1.807) is 4.68 Å². The molecule has 0 saturated heterocycles. The van der Waals surface area contributed by atoms with E-state index in [1.807, 2.05) is 6.07 Å². The summed E-state index contributed by atoms with van der Waals surface area (Å²) in [7, 11) is 0. The van der Waals surface area contributed by atoms with Crippen molar-refractivity contribution in [3.05, 3.63) is 11.8 Å². The quantitative estimate of drug-likeness (QED) is 0.762. The van der Waals surface area contributed by atoms with Crippen LogP contribution in [0.25, 0.3) is 0 Å². The number of aliphatic hydroxyl groups is 1. The third kappa shape index (κ3) is 2.26. The van der Waals surface area contributed by atoms with E-state index in [0.717, 1.165) is 5.69 Å². The van der Waals surface area contributed by atoms with E-state index in [2.05, 4.69) is 25.9 Å². The molecule has 0 fully saturated rings. The molecule has 4 heteroatoms. The average molecular weight is 197 g/mol. The summed E-state index contributed by atoms with van der Waals surface area (Å²) in [5.74, 6) is 1.57. The van der Waals surface area contributed by atoms with E-state index in [-0.39, 0.29) is 6.61 Å². The van der Waals surface area contributed by atoms with Crippen LogP contribution in [-0.2, 0) is 6.54 Å². The van der Waals surface area contributed by atoms with Gasteiger partial charge < -0.3 is 10.8 Å². The van der Waals surface area contributed by atoms with Gasteiger partial charge in [-0.3, -0.25) is 0 Å². The molecule has 14 heavy (non-hydrogen) atoms. The largest absolute Gasteiger partial charge is 0.394 e. The van der Waals surface area contributed by atoms with Gasteiger partial charge >= 0.3 is 0 Å². The molecule has 1 unspecified atom stereocenters. The number of nitrogens with two attached hydrogens (primary N) is 1. The first-order valence-corrected chi connectivity index (χ1v) is 5.00. The normalized spacial score (nSPS) is 13.5. The minimum atomic E-state index is 0.0708. The number of rotatable bonds is 4. The van der Waals surface area contributed by atoms with Crippen LogP contribution in [0.15, 0.2) is 6.07 Å². The van der Waals surface area contributed by atoms with Gasteiger partial charge in [-0.15, -0.1) is 0 Å². The van der Waals surface area contributed by atoms with Crippen molar-refractivity contribution in [1.29, 1.82) is 0 Å². The fourth-order valence-electron chi connectivity index (χ4n) is 1.29. The van der Waals surface area contributed by atoms with Gasteiger partial charge in [0.05, 0.1) is 18.8 Å². The first kappa shape index (κ1) is 11.0. The molecule has 0 spiro atoms. The molecule has 3 N–H and O–H groups in total. The molecule has 1 aromatic rings. The molecule has 1 aromatic heterocycles. The van der Waals surface area contributed by atoms with Crippen LogP contribution in [0.5, 0.6) is 0 Å². The highest BCUT2D eigenvalue weighted by Gasteiger charge is 2.14. The summed E-state index contributed by atoms with van der Waals surface area (Å²) in [5.41, 5.74) is 6.76. The van der Waals surface area contributed by atoms with Gasteiger partial charge in [-0.25, -0.2) is 4.68 Å². The summed E-state index contributed by atoms with van der Waals surface area (Å²) < 4.78 is 1.65. The van der Waals surface area contributed by atoms with Crippen molar-refractivity contribution < 1.29 is 5.11 Å². The van der Waals surface area contributed by atoms with Crippen molar-refractivity contribution in [2.75, 3.05) is 12.3 Å². The fraction of sp³-hybridized carbons (Fsp3) is 0.700. The van der Waals surface area contributed by atoms with Crippen molar-refractivity contribution in [2.24, 2.45) is 5.92 Å². The Balaban J connectivity index is 2.84. The van der Waals surface area contributed by atoms with Crippen LogP contribution in [0, 0.1) is 5.92 Å². The van der Waals surface area contributed by atoms with E-state index in [4.69, 9.17) is 10.8 Å². The van der Waals surface area contributed by atoms with Gasteiger partial charge in [-0.05, 0) is 5.92 Å². The number of hydrogen-bond acceptors (Lipinski definition) is 3. The second kappa shape index (κ2) is 4.46.